The van der Waals surface area contributed by atoms with Crippen molar-refractivity contribution in [3.8, 4) is 0 Å². The van der Waals surface area contributed by atoms with Gasteiger partial charge in [0, 0.05) is 32.2 Å². The summed E-state index contributed by atoms with van der Waals surface area (Å²) >= 11 is 0. The highest BCUT2D eigenvalue weighted by Gasteiger charge is 2.31. The number of nitrogens with one attached hydrogen (secondary N) is 1. The van der Waals surface area contributed by atoms with Gasteiger partial charge in [0.1, 0.15) is 0 Å². The smallest absolute Gasteiger partial charge is 0.242 e. The first-order chi connectivity index (χ1) is 9.74. The zero-order chi connectivity index (χ0) is 13.9. The Hall–Kier alpha value is -1.95. The number of aryl methyl sites for hydroxylation is 1. The van der Waals surface area contributed by atoms with E-state index in [2.05, 4.69) is 63.0 Å². The third-order valence-corrected chi connectivity index (χ3v) is 4.05. The predicted molar refractivity (Wildman–Crippen MR) is 77.1 cm³/mol. The molecule has 2 atom stereocenters. The molecule has 3 rings (SSSR count). The van der Waals surface area contributed by atoms with Crippen molar-refractivity contribution in [1.82, 2.24) is 25.1 Å². The number of benzene rings is 1. The highest BCUT2D eigenvalue weighted by atomic mass is 15.6. The van der Waals surface area contributed by atoms with Gasteiger partial charge in [0.15, 0.2) is 0 Å². The van der Waals surface area contributed by atoms with Gasteiger partial charge >= 0.3 is 0 Å². The molecule has 1 aliphatic rings. The Morgan fingerprint density at radius 2 is 2.10 bits per heavy atom. The lowest BCUT2D eigenvalue weighted by molar-refractivity contribution is 0.255. The summed E-state index contributed by atoms with van der Waals surface area (Å²) in [4.78, 5) is 2.50. The monoisotopic (exact) mass is 272 g/mol. The van der Waals surface area contributed by atoms with Gasteiger partial charge in [-0.1, -0.05) is 35.4 Å². The van der Waals surface area contributed by atoms with E-state index in [9.17, 15) is 0 Å². The first-order valence-corrected chi connectivity index (χ1v) is 7.01. The Bertz CT molecular complexity index is 552. The van der Waals surface area contributed by atoms with E-state index >= 15 is 0 Å². The van der Waals surface area contributed by atoms with Crippen LogP contribution in [0.5, 0.6) is 0 Å². The number of nitrogens with zero attached hydrogens (tertiary/aromatic N) is 5. The fourth-order valence-corrected chi connectivity index (χ4v) is 2.76. The van der Waals surface area contributed by atoms with Gasteiger partial charge in [-0.3, -0.25) is 4.90 Å². The Morgan fingerprint density at radius 3 is 2.80 bits per heavy atom. The number of aromatic nitrogens is 4. The molecule has 0 amide bonds. The quantitative estimate of drug-likeness (QED) is 0.908. The predicted octanol–water partition coefficient (Wildman–Crippen LogP) is 1.28. The van der Waals surface area contributed by atoms with Crippen LogP contribution in [0.1, 0.15) is 18.9 Å². The molecule has 1 aliphatic heterocycles. The van der Waals surface area contributed by atoms with Crippen LogP contribution >= 0.6 is 0 Å². The number of rotatable bonds is 4. The minimum atomic E-state index is 0.392. The van der Waals surface area contributed by atoms with Crippen LogP contribution in [0.4, 0.5) is 5.95 Å². The summed E-state index contributed by atoms with van der Waals surface area (Å²) in [6.45, 7) is 4.35. The van der Waals surface area contributed by atoms with Gasteiger partial charge in [-0.15, -0.1) is 0 Å². The molecule has 0 aliphatic carbocycles. The molecule has 1 saturated heterocycles. The topological polar surface area (TPSA) is 58.9 Å². The molecule has 2 heterocycles. The largest absolute Gasteiger partial charge is 0.349 e. The molecule has 1 N–H and O–H groups in total. The van der Waals surface area contributed by atoms with Crippen LogP contribution in [0.2, 0.25) is 0 Å². The van der Waals surface area contributed by atoms with Crippen molar-refractivity contribution in [3.63, 3.8) is 0 Å². The molecule has 1 aromatic heterocycles. The van der Waals surface area contributed by atoms with Crippen LogP contribution in [0.15, 0.2) is 30.3 Å². The third-order valence-electron chi connectivity index (χ3n) is 4.05. The standard InChI is InChI=1S/C14H20N6/c1-11-13(15-14-16-17-18-19(14)2)8-9-20(11)10-12-6-4-3-5-7-12/h3-7,11,13H,8-10H2,1-2H3,(H,15,16,18). The number of hydrogen-bond acceptors (Lipinski definition) is 5. The van der Waals surface area contributed by atoms with Crippen molar-refractivity contribution < 1.29 is 0 Å². The minimum absolute atomic E-state index is 0.392. The minimum Gasteiger partial charge on any atom is -0.349 e. The number of likely N-dealkylation sites (tertiary alicyclic amines) is 1. The van der Waals surface area contributed by atoms with Gasteiger partial charge in [0.2, 0.25) is 5.95 Å². The van der Waals surface area contributed by atoms with Gasteiger partial charge in [-0.05, 0) is 29.3 Å². The summed E-state index contributed by atoms with van der Waals surface area (Å²) in [6, 6.07) is 11.5. The second-order valence-electron chi connectivity index (χ2n) is 5.36. The van der Waals surface area contributed by atoms with Gasteiger partial charge in [-0.2, -0.15) is 0 Å². The fourth-order valence-electron chi connectivity index (χ4n) is 2.76. The fraction of sp³-hybridized carbons (Fsp3) is 0.500. The van der Waals surface area contributed by atoms with Crippen LogP contribution in [-0.4, -0.2) is 43.7 Å². The zero-order valence-corrected chi connectivity index (χ0v) is 11.9. The highest BCUT2D eigenvalue weighted by Crippen LogP contribution is 2.22. The van der Waals surface area contributed by atoms with Crippen LogP contribution < -0.4 is 5.32 Å². The Labute approximate surface area is 118 Å². The first-order valence-electron chi connectivity index (χ1n) is 7.01. The molecule has 0 saturated carbocycles. The zero-order valence-electron chi connectivity index (χ0n) is 11.9. The average molecular weight is 272 g/mol. The van der Waals surface area contributed by atoms with E-state index in [0.717, 1.165) is 25.5 Å². The Kier molecular flexibility index (Phi) is 3.64. The second kappa shape index (κ2) is 5.58. The van der Waals surface area contributed by atoms with Crippen LogP contribution in [0.3, 0.4) is 0 Å². The van der Waals surface area contributed by atoms with E-state index in [0.29, 0.717) is 12.1 Å². The van der Waals surface area contributed by atoms with E-state index in [1.54, 1.807) is 4.68 Å². The lowest BCUT2D eigenvalue weighted by Gasteiger charge is -2.25. The summed E-state index contributed by atoms with van der Waals surface area (Å²) < 4.78 is 1.67. The summed E-state index contributed by atoms with van der Waals surface area (Å²) in [5, 5.41) is 14.9. The summed E-state index contributed by atoms with van der Waals surface area (Å²) in [5.74, 6) is 0.739. The molecule has 0 radical (unpaired) electrons. The summed E-state index contributed by atoms with van der Waals surface area (Å²) in [6.07, 6.45) is 1.11. The molecule has 20 heavy (non-hydrogen) atoms. The van der Waals surface area contributed by atoms with Crippen molar-refractivity contribution in [2.75, 3.05) is 11.9 Å². The first kappa shape index (κ1) is 13.1. The molecule has 0 bridgehead atoms. The molecule has 6 nitrogen and oxygen atoms in total. The normalized spacial score (nSPS) is 23.1. The SMILES string of the molecule is CC1C(Nc2nnnn2C)CCN1Cc1ccccc1. The molecule has 0 spiro atoms. The van der Waals surface area contributed by atoms with E-state index in [1.165, 1.54) is 5.56 Å². The van der Waals surface area contributed by atoms with Crippen LogP contribution in [-0.2, 0) is 13.6 Å². The van der Waals surface area contributed by atoms with E-state index < -0.39 is 0 Å². The maximum Gasteiger partial charge on any atom is 0.242 e. The summed E-state index contributed by atoms with van der Waals surface area (Å²) in [7, 11) is 1.85. The molecule has 106 valence electrons. The van der Waals surface area contributed by atoms with Crippen LogP contribution in [0, 0.1) is 0 Å². The number of anilines is 1. The highest BCUT2D eigenvalue weighted by molar-refractivity contribution is 5.25. The Balaban J connectivity index is 1.62. The van der Waals surface area contributed by atoms with Crippen molar-refractivity contribution in [1.29, 1.82) is 0 Å². The van der Waals surface area contributed by atoms with Gasteiger partial charge in [0.05, 0.1) is 0 Å². The molecule has 6 heteroatoms. The molecule has 2 unspecified atom stereocenters. The summed E-state index contributed by atoms with van der Waals surface area (Å²) in [5.41, 5.74) is 1.36. The van der Waals surface area contributed by atoms with Gasteiger partial charge in [-0.25, -0.2) is 4.68 Å². The van der Waals surface area contributed by atoms with Crippen molar-refractivity contribution >= 4 is 5.95 Å². The maximum absolute atomic E-state index is 3.99. The molecule has 2 aromatic rings. The second-order valence-corrected chi connectivity index (χ2v) is 5.36. The van der Waals surface area contributed by atoms with E-state index in [1.807, 2.05) is 7.05 Å². The number of tetrazole rings is 1. The molecule has 1 aromatic carbocycles. The lowest BCUT2D eigenvalue weighted by atomic mass is 10.1. The maximum atomic E-state index is 3.99. The van der Waals surface area contributed by atoms with Crippen molar-refractivity contribution in [3.05, 3.63) is 35.9 Å². The van der Waals surface area contributed by atoms with Crippen molar-refractivity contribution in [2.45, 2.75) is 32.0 Å². The van der Waals surface area contributed by atoms with Gasteiger partial charge < -0.3 is 5.32 Å². The van der Waals surface area contributed by atoms with Crippen molar-refractivity contribution in [2.24, 2.45) is 7.05 Å². The average Bonchev–Trinajstić information content (AvgIpc) is 3.01. The van der Waals surface area contributed by atoms with E-state index in [4.69, 9.17) is 0 Å². The molecular weight excluding hydrogens is 252 g/mol. The lowest BCUT2D eigenvalue weighted by Crippen LogP contribution is -2.36. The van der Waals surface area contributed by atoms with Crippen LogP contribution in [0.25, 0.3) is 0 Å². The van der Waals surface area contributed by atoms with Gasteiger partial charge in [0.25, 0.3) is 0 Å². The Morgan fingerprint density at radius 1 is 1.30 bits per heavy atom. The molecule has 1 fully saturated rings. The number of hydrogen-bond donors (Lipinski definition) is 1. The molecular formula is C14H20N6. The van der Waals surface area contributed by atoms with E-state index in [-0.39, 0.29) is 0 Å². The third kappa shape index (κ3) is 2.65.